The van der Waals surface area contributed by atoms with Crippen LogP contribution in [0.2, 0.25) is 0 Å². The first-order valence-corrected chi connectivity index (χ1v) is 7.31. The molecular weight excluding hydrogens is 272 g/mol. The number of carbonyl (C=O) groups is 1. The van der Waals surface area contributed by atoms with Gasteiger partial charge in [0.1, 0.15) is 0 Å². The van der Waals surface area contributed by atoms with Crippen LogP contribution in [-0.4, -0.2) is 18.0 Å². The highest BCUT2D eigenvalue weighted by molar-refractivity contribution is 5.85. The molecular formula is C16H25ClN2O. The summed E-state index contributed by atoms with van der Waals surface area (Å²) in [4.78, 5) is 11.8. The number of hydrogen-bond donors (Lipinski definition) is 2. The van der Waals surface area contributed by atoms with Crippen LogP contribution in [0.3, 0.4) is 0 Å². The van der Waals surface area contributed by atoms with E-state index in [2.05, 4.69) is 35.6 Å². The van der Waals surface area contributed by atoms with Crippen molar-refractivity contribution in [1.29, 1.82) is 0 Å². The van der Waals surface area contributed by atoms with E-state index >= 15 is 0 Å². The van der Waals surface area contributed by atoms with Crippen LogP contribution in [0, 0.1) is 0 Å². The van der Waals surface area contributed by atoms with Crippen LogP contribution in [-0.2, 0) is 4.79 Å². The van der Waals surface area contributed by atoms with Crippen molar-refractivity contribution < 1.29 is 4.79 Å². The third kappa shape index (κ3) is 4.50. The molecule has 1 aromatic rings. The molecule has 1 aliphatic rings. The molecule has 0 radical (unpaired) electrons. The fourth-order valence-corrected chi connectivity index (χ4v) is 2.79. The highest BCUT2D eigenvalue weighted by Gasteiger charge is 2.24. The Kier molecular flexibility index (Phi) is 7.03. The van der Waals surface area contributed by atoms with Crippen molar-refractivity contribution in [2.24, 2.45) is 5.73 Å². The molecule has 3 nitrogen and oxygen atoms in total. The second-order valence-electron chi connectivity index (χ2n) is 5.48. The Morgan fingerprint density at radius 2 is 1.85 bits per heavy atom. The van der Waals surface area contributed by atoms with E-state index in [1.165, 1.54) is 5.56 Å². The Morgan fingerprint density at radius 1 is 1.25 bits per heavy atom. The van der Waals surface area contributed by atoms with E-state index in [-0.39, 0.29) is 24.4 Å². The van der Waals surface area contributed by atoms with Gasteiger partial charge < -0.3 is 11.1 Å². The highest BCUT2D eigenvalue weighted by atomic mass is 35.5. The van der Waals surface area contributed by atoms with Crippen molar-refractivity contribution in [2.45, 2.75) is 57.0 Å². The summed E-state index contributed by atoms with van der Waals surface area (Å²) < 4.78 is 0. The lowest BCUT2D eigenvalue weighted by Crippen LogP contribution is -2.46. The van der Waals surface area contributed by atoms with Crippen LogP contribution in [0.1, 0.15) is 50.5 Å². The minimum Gasteiger partial charge on any atom is -0.352 e. The predicted octanol–water partition coefficient (Wildman–Crippen LogP) is 2.99. The van der Waals surface area contributed by atoms with Crippen LogP contribution in [0.15, 0.2) is 30.3 Å². The van der Waals surface area contributed by atoms with Gasteiger partial charge in [0.25, 0.3) is 0 Å². The van der Waals surface area contributed by atoms with E-state index < -0.39 is 0 Å². The first kappa shape index (κ1) is 17.0. The Balaban J connectivity index is 0.00000200. The number of nitrogens with one attached hydrogen (secondary N) is 1. The standard InChI is InChI=1S/C16H24N2O.ClH/c1-2-15(17)16(19)18-14-10-8-13(9-11-14)12-6-4-3-5-7-12;/h3-7,13-15H,2,8-11,17H2,1H3,(H,18,19);1H/t13?,14?,15-;/m0./s1. The van der Waals surface area contributed by atoms with E-state index in [0.29, 0.717) is 18.4 Å². The van der Waals surface area contributed by atoms with Gasteiger partial charge in [0, 0.05) is 6.04 Å². The second kappa shape index (κ2) is 8.28. The van der Waals surface area contributed by atoms with Crippen LogP contribution in [0.5, 0.6) is 0 Å². The zero-order chi connectivity index (χ0) is 13.7. The molecule has 1 aromatic carbocycles. The number of amides is 1. The highest BCUT2D eigenvalue weighted by Crippen LogP contribution is 2.32. The zero-order valence-electron chi connectivity index (χ0n) is 12.0. The molecule has 1 atom stereocenters. The molecule has 20 heavy (non-hydrogen) atoms. The van der Waals surface area contributed by atoms with E-state index in [0.717, 1.165) is 25.7 Å². The van der Waals surface area contributed by atoms with E-state index in [1.807, 2.05) is 6.92 Å². The number of nitrogens with two attached hydrogens (primary N) is 1. The van der Waals surface area contributed by atoms with Gasteiger partial charge >= 0.3 is 0 Å². The summed E-state index contributed by atoms with van der Waals surface area (Å²) in [7, 11) is 0. The summed E-state index contributed by atoms with van der Waals surface area (Å²) in [6.07, 6.45) is 5.11. The molecule has 3 N–H and O–H groups in total. The molecule has 0 spiro atoms. The van der Waals surface area contributed by atoms with Crippen molar-refractivity contribution in [1.82, 2.24) is 5.32 Å². The second-order valence-corrected chi connectivity index (χ2v) is 5.48. The van der Waals surface area contributed by atoms with E-state index in [1.54, 1.807) is 0 Å². The molecule has 4 heteroatoms. The van der Waals surface area contributed by atoms with Gasteiger partial charge in [-0.1, -0.05) is 37.3 Å². The monoisotopic (exact) mass is 296 g/mol. The first-order valence-electron chi connectivity index (χ1n) is 7.31. The maximum absolute atomic E-state index is 11.8. The average molecular weight is 297 g/mol. The molecule has 1 aliphatic carbocycles. The maximum atomic E-state index is 11.8. The van der Waals surface area contributed by atoms with Gasteiger partial charge in [-0.25, -0.2) is 0 Å². The van der Waals surface area contributed by atoms with Crippen molar-refractivity contribution in [3.05, 3.63) is 35.9 Å². The number of hydrogen-bond acceptors (Lipinski definition) is 2. The molecule has 0 aliphatic heterocycles. The van der Waals surface area contributed by atoms with Crippen molar-refractivity contribution in [3.8, 4) is 0 Å². The van der Waals surface area contributed by atoms with Gasteiger partial charge in [0.05, 0.1) is 6.04 Å². The lowest BCUT2D eigenvalue weighted by atomic mass is 9.81. The number of benzene rings is 1. The van der Waals surface area contributed by atoms with Crippen molar-refractivity contribution >= 4 is 18.3 Å². The van der Waals surface area contributed by atoms with Gasteiger partial charge in [0.2, 0.25) is 5.91 Å². The number of rotatable bonds is 4. The summed E-state index contributed by atoms with van der Waals surface area (Å²) in [5.41, 5.74) is 7.17. The summed E-state index contributed by atoms with van der Waals surface area (Å²) in [5, 5.41) is 3.08. The molecule has 1 amide bonds. The van der Waals surface area contributed by atoms with Gasteiger partial charge in [-0.2, -0.15) is 0 Å². The Bertz CT molecular complexity index is 402. The molecule has 0 heterocycles. The normalized spacial score (nSPS) is 23.5. The zero-order valence-corrected chi connectivity index (χ0v) is 12.9. The molecule has 112 valence electrons. The number of carbonyl (C=O) groups excluding carboxylic acids is 1. The minimum atomic E-state index is -0.355. The van der Waals surface area contributed by atoms with Gasteiger partial charge in [-0.05, 0) is 43.6 Å². The summed E-state index contributed by atoms with van der Waals surface area (Å²) in [6, 6.07) is 10.6. The van der Waals surface area contributed by atoms with Gasteiger partial charge in [-0.3, -0.25) is 4.79 Å². The molecule has 0 aromatic heterocycles. The average Bonchev–Trinajstić information content (AvgIpc) is 2.48. The minimum absolute atomic E-state index is 0. The predicted molar refractivity (Wildman–Crippen MR) is 85.1 cm³/mol. The quantitative estimate of drug-likeness (QED) is 0.897. The SMILES string of the molecule is CC[C@H](N)C(=O)NC1CCC(c2ccccc2)CC1.Cl. The summed E-state index contributed by atoms with van der Waals surface area (Å²) >= 11 is 0. The lowest BCUT2D eigenvalue weighted by Gasteiger charge is -2.30. The molecule has 0 unspecified atom stereocenters. The first-order chi connectivity index (χ1) is 9.20. The largest absolute Gasteiger partial charge is 0.352 e. The maximum Gasteiger partial charge on any atom is 0.237 e. The van der Waals surface area contributed by atoms with Crippen LogP contribution in [0.25, 0.3) is 0 Å². The third-order valence-electron chi connectivity index (χ3n) is 4.12. The topological polar surface area (TPSA) is 55.1 Å². The molecule has 1 saturated carbocycles. The van der Waals surface area contributed by atoms with Gasteiger partial charge in [-0.15, -0.1) is 12.4 Å². The molecule has 0 bridgehead atoms. The fraction of sp³-hybridized carbons (Fsp3) is 0.562. The summed E-state index contributed by atoms with van der Waals surface area (Å²) in [5.74, 6) is 0.653. The molecule has 0 saturated heterocycles. The van der Waals surface area contributed by atoms with E-state index in [9.17, 15) is 4.79 Å². The Morgan fingerprint density at radius 3 is 2.40 bits per heavy atom. The van der Waals surface area contributed by atoms with E-state index in [4.69, 9.17) is 5.73 Å². The third-order valence-corrected chi connectivity index (χ3v) is 4.12. The van der Waals surface area contributed by atoms with Crippen molar-refractivity contribution in [3.63, 3.8) is 0 Å². The van der Waals surface area contributed by atoms with Crippen LogP contribution < -0.4 is 11.1 Å². The Hall–Kier alpha value is -1.06. The fourth-order valence-electron chi connectivity index (χ4n) is 2.79. The molecule has 1 fully saturated rings. The van der Waals surface area contributed by atoms with Gasteiger partial charge in [0.15, 0.2) is 0 Å². The Labute approximate surface area is 127 Å². The van der Waals surface area contributed by atoms with Crippen LogP contribution >= 0.6 is 12.4 Å². The smallest absolute Gasteiger partial charge is 0.237 e. The molecule has 2 rings (SSSR count). The van der Waals surface area contributed by atoms with Crippen molar-refractivity contribution in [2.75, 3.05) is 0 Å². The lowest BCUT2D eigenvalue weighted by molar-refractivity contribution is -0.123. The summed E-state index contributed by atoms with van der Waals surface area (Å²) in [6.45, 7) is 1.94. The van der Waals surface area contributed by atoms with Crippen LogP contribution in [0.4, 0.5) is 0 Å². The number of halogens is 1.